The number of aldehydes is 1. The number of carbonyl (C=O) groups excluding carboxylic acids is 2. The first kappa shape index (κ1) is 20.4. The van der Waals surface area contributed by atoms with Crippen LogP contribution in [-0.2, 0) is 4.79 Å². The van der Waals surface area contributed by atoms with E-state index in [1.807, 2.05) is 0 Å². The van der Waals surface area contributed by atoms with Gasteiger partial charge in [-0.3, -0.25) is 14.6 Å². The number of rotatable bonds is 5. The van der Waals surface area contributed by atoms with Gasteiger partial charge in [-0.05, 0) is 30.9 Å². The zero-order valence-corrected chi connectivity index (χ0v) is 16.2. The fourth-order valence-electron chi connectivity index (χ4n) is 2.94. The van der Waals surface area contributed by atoms with Gasteiger partial charge in [0.15, 0.2) is 6.29 Å². The molecule has 0 N–H and O–H groups in total. The molecule has 1 aliphatic rings. The number of methoxy groups -OCH3 is 1. The van der Waals surface area contributed by atoms with Gasteiger partial charge in [-0.2, -0.15) is 0 Å². The average molecular weight is 399 g/mol. The van der Waals surface area contributed by atoms with Crippen molar-refractivity contribution >= 4 is 12.2 Å². The molecular formula is C21H19F2N3O3. The number of alkyl halides is 2. The minimum absolute atomic E-state index is 0.0629. The normalized spacial score (nSPS) is 14.0. The maximum absolute atomic E-state index is 13.1. The van der Waals surface area contributed by atoms with E-state index in [1.54, 1.807) is 14.1 Å². The predicted octanol–water partition coefficient (Wildman–Crippen LogP) is 3.12. The van der Waals surface area contributed by atoms with Crippen LogP contribution >= 0.6 is 0 Å². The molecule has 8 heteroatoms. The Morgan fingerprint density at radius 3 is 2.52 bits per heavy atom. The molecule has 1 aliphatic carbocycles. The molecule has 1 fully saturated rings. The second-order valence-electron chi connectivity index (χ2n) is 6.92. The molecule has 1 saturated carbocycles. The SMILES string of the molecule is COc1cnc(C(F)F)cc1-c1cc(C#CC2(C(=O)N(C)C)CC2)ncc1C=O. The van der Waals surface area contributed by atoms with Crippen molar-refractivity contribution in [1.29, 1.82) is 0 Å². The third-order valence-corrected chi connectivity index (χ3v) is 4.68. The molecule has 2 aromatic rings. The number of carbonyl (C=O) groups is 2. The van der Waals surface area contributed by atoms with Crippen molar-refractivity contribution in [1.82, 2.24) is 14.9 Å². The highest BCUT2D eigenvalue weighted by Gasteiger charge is 2.49. The van der Waals surface area contributed by atoms with Gasteiger partial charge in [0.2, 0.25) is 5.91 Å². The van der Waals surface area contributed by atoms with E-state index in [-0.39, 0.29) is 22.8 Å². The predicted molar refractivity (Wildman–Crippen MR) is 102 cm³/mol. The Balaban J connectivity index is 2.07. The molecule has 0 radical (unpaired) electrons. The molecule has 0 atom stereocenters. The fraction of sp³-hybridized carbons (Fsp3) is 0.333. The zero-order valence-electron chi connectivity index (χ0n) is 16.2. The van der Waals surface area contributed by atoms with Crippen LogP contribution in [0, 0.1) is 17.3 Å². The highest BCUT2D eigenvalue weighted by atomic mass is 19.3. The average Bonchev–Trinajstić information content (AvgIpc) is 3.51. The summed E-state index contributed by atoms with van der Waals surface area (Å²) in [5.74, 6) is 6.05. The van der Waals surface area contributed by atoms with Crippen molar-refractivity contribution in [3.63, 3.8) is 0 Å². The van der Waals surface area contributed by atoms with Gasteiger partial charge in [0.05, 0.1) is 13.3 Å². The van der Waals surface area contributed by atoms with E-state index in [0.29, 0.717) is 30.4 Å². The lowest BCUT2D eigenvalue weighted by Gasteiger charge is -2.14. The van der Waals surface area contributed by atoms with Crippen LogP contribution in [0.1, 0.15) is 41.0 Å². The summed E-state index contributed by atoms with van der Waals surface area (Å²) in [6.45, 7) is 0. The van der Waals surface area contributed by atoms with E-state index < -0.39 is 17.5 Å². The molecule has 3 rings (SSSR count). The molecule has 0 unspecified atom stereocenters. The Kier molecular flexibility index (Phi) is 5.59. The molecule has 6 nitrogen and oxygen atoms in total. The second-order valence-corrected chi connectivity index (χ2v) is 6.92. The van der Waals surface area contributed by atoms with Gasteiger partial charge in [0.25, 0.3) is 6.43 Å². The number of amides is 1. The summed E-state index contributed by atoms with van der Waals surface area (Å²) < 4.78 is 31.5. The van der Waals surface area contributed by atoms with Crippen LogP contribution in [0.15, 0.2) is 24.5 Å². The molecule has 0 aliphatic heterocycles. The van der Waals surface area contributed by atoms with Crippen LogP contribution < -0.4 is 4.74 Å². The summed E-state index contributed by atoms with van der Waals surface area (Å²) in [5, 5.41) is 0. The molecule has 1 amide bonds. The Morgan fingerprint density at radius 2 is 1.97 bits per heavy atom. The van der Waals surface area contributed by atoms with E-state index in [2.05, 4.69) is 21.8 Å². The van der Waals surface area contributed by atoms with E-state index in [4.69, 9.17) is 4.74 Å². The summed E-state index contributed by atoms with van der Waals surface area (Å²) in [6.07, 6.45) is 1.66. The first-order chi connectivity index (χ1) is 13.8. The van der Waals surface area contributed by atoms with Gasteiger partial charge in [-0.15, -0.1) is 0 Å². The van der Waals surface area contributed by atoms with Crippen molar-refractivity contribution in [3.8, 4) is 28.7 Å². The molecule has 29 heavy (non-hydrogen) atoms. The Hall–Kier alpha value is -3.34. The zero-order chi connectivity index (χ0) is 21.2. The van der Waals surface area contributed by atoms with Gasteiger partial charge in [0, 0.05) is 37.0 Å². The first-order valence-electron chi connectivity index (χ1n) is 8.84. The number of hydrogen-bond donors (Lipinski definition) is 0. The van der Waals surface area contributed by atoms with E-state index in [0.717, 1.165) is 0 Å². The minimum Gasteiger partial charge on any atom is -0.494 e. The maximum Gasteiger partial charge on any atom is 0.280 e. The highest BCUT2D eigenvalue weighted by molar-refractivity contribution is 5.90. The summed E-state index contributed by atoms with van der Waals surface area (Å²) in [7, 11) is 4.74. The number of halogens is 2. The Bertz CT molecular complexity index is 1020. The molecule has 150 valence electrons. The largest absolute Gasteiger partial charge is 0.494 e. The second kappa shape index (κ2) is 7.95. The molecule has 0 aromatic carbocycles. The standard InChI is InChI=1S/C21H19F2N3O3/c1-26(2)20(28)21(6-7-21)5-4-14-8-15(13(12-27)10-24-14)16-9-17(19(22)23)25-11-18(16)29-3/h8-12,19H,6-7H2,1-3H3. The number of hydrogen-bond acceptors (Lipinski definition) is 5. The lowest BCUT2D eigenvalue weighted by atomic mass is 10.00. The number of nitrogens with zero attached hydrogens (tertiary/aromatic N) is 3. The monoisotopic (exact) mass is 399 g/mol. The van der Waals surface area contributed by atoms with Crippen LogP contribution in [0.4, 0.5) is 8.78 Å². The van der Waals surface area contributed by atoms with Crippen molar-refractivity contribution < 1.29 is 23.1 Å². The molecule has 0 bridgehead atoms. The molecule has 0 saturated heterocycles. The van der Waals surface area contributed by atoms with Crippen LogP contribution in [0.3, 0.4) is 0 Å². The summed E-state index contributed by atoms with van der Waals surface area (Å²) in [4.78, 5) is 33.1. The minimum atomic E-state index is -2.77. The summed E-state index contributed by atoms with van der Waals surface area (Å²) in [5.41, 5.74) is 0.0219. The lowest BCUT2D eigenvalue weighted by molar-refractivity contribution is -0.132. The quantitative estimate of drug-likeness (QED) is 0.571. The van der Waals surface area contributed by atoms with Gasteiger partial charge in [0.1, 0.15) is 22.6 Å². The summed E-state index contributed by atoms with van der Waals surface area (Å²) >= 11 is 0. The maximum atomic E-state index is 13.1. The third-order valence-electron chi connectivity index (χ3n) is 4.68. The van der Waals surface area contributed by atoms with Crippen molar-refractivity contribution in [2.75, 3.05) is 21.2 Å². The van der Waals surface area contributed by atoms with Crippen LogP contribution in [0.2, 0.25) is 0 Å². The number of aromatic nitrogens is 2. The lowest BCUT2D eigenvalue weighted by Crippen LogP contribution is -2.30. The first-order valence-corrected chi connectivity index (χ1v) is 8.84. The Labute approximate surface area is 166 Å². The van der Waals surface area contributed by atoms with Gasteiger partial charge in [-0.25, -0.2) is 13.8 Å². The Morgan fingerprint density at radius 1 is 1.24 bits per heavy atom. The highest BCUT2D eigenvalue weighted by Crippen LogP contribution is 2.46. The fourth-order valence-corrected chi connectivity index (χ4v) is 2.94. The smallest absolute Gasteiger partial charge is 0.280 e. The number of pyridine rings is 2. The van der Waals surface area contributed by atoms with Gasteiger partial charge in [-0.1, -0.05) is 5.92 Å². The van der Waals surface area contributed by atoms with Crippen LogP contribution in [0.5, 0.6) is 5.75 Å². The van der Waals surface area contributed by atoms with Crippen molar-refractivity contribution in [2.24, 2.45) is 5.41 Å². The van der Waals surface area contributed by atoms with Gasteiger partial charge >= 0.3 is 0 Å². The van der Waals surface area contributed by atoms with Crippen molar-refractivity contribution in [3.05, 3.63) is 41.5 Å². The number of ether oxygens (including phenoxy) is 1. The molecule has 0 spiro atoms. The summed E-state index contributed by atoms with van der Waals surface area (Å²) in [6, 6.07) is 2.71. The molecular weight excluding hydrogens is 380 g/mol. The van der Waals surface area contributed by atoms with Crippen LogP contribution in [0.25, 0.3) is 11.1 Å². The van der Waals surface area contributed by atoms with Crippen LogP contribution in [-0.4, -0.2) is 48.3 Å². The third kappa shape index (κ3) is 4.09. The van der Waals surface area contributed by atoms with Crippen molar-refractivity contribution in [2.45, 2.75) is 19.3 Å². The topological polar surface area (TPSA) is 72.4 Å². The molecule has 2 heterocycles. The van der Waals surface area contributed by atoms with E-state index in [9.17, 15) is 18.4 Å². The van der Waals surface area contributed by atoms with E-state index in [1.165, 1.54) is 36.5 Å². The molecule has 2 aromatic heterocycles. The van der Waals surface area contributed by atoms with E-state index >= 15 is 0 Å². The van der Waals surface area contributed by atoms with Gasteiger partial charge < -0.3 is 9.64 Å².